The normalized spacial score (nSPS) is 8.93. The molecule has 0 heterocycles. The van der Waals surface area contributed by atoms with E-state index in [-0.39, 0.29) is 28.1 Å². The van der Waals surface area contributed by atoms with Gasteiger partial charge in [-0.2, -0.15) is 0 Å². The van der Waals surface area contributed by atoms with Gasteiger partial charge in [0, 0.05) is 6.07 Å². The third-order valence-corrected chi connectivity index (χ3v) is 2.24. The zero-order valence-corrected chi connectivity index (χ0v) is 9.04. The van der Waals surface area contributed by atoms with Gasteiger partial charge in [-0.25, -0.2) is 4.79 Å². The van der Waals surface area contributed by atoms with E-state index < -0.39 is 10.9 Å². The lowest BCUT2D eigenvalue weighted by molar-refractivity contribution is -0.385. The van der Waals surface area contributed by atoms with Crippen molar-refractivity contribution < 1.29 is 14.8 Å². The van der Waals surface area contributed by atoms with Gasteiger partial charge in [0.05, 0.1) is 10.5 Å². The zero-order chi connectivity index (χ0) is 10.0. The topological polar surface area (TPSA) is 80.4 Å². The second kappa shape index (κ2) is 4.92. The van der Waals surface area contributed by atoms with E-state index >= 15 is 0 Å². The molecule has 0 saturated heterocycles. The lowest BCUT2D eigenvalue weighted by atomic mass is 10.2. The Kier molecular flexibility index (Phi) is 4.52. The highest BCUT2D eigenvalue weighted by Crippen LogP contribution is 2.27. The first kappa shape index (κ1) is 12.9. The Hall–Kier alpha value is -1.14. The summed E-state index contributed by atoms with van der Waals surface area (Å²) in [6.45, 7) is 0. The van der Waals surface area contributed by atoms with Crippen LogP contribution in [0.15, 0.2) is 22.7 Å². The number of nitro benzene ring substituents is 1. The minimum absolute atomic E-state index is 0. The highest BCUT2D eigenvalue weighted by Gasteiger charge is 2.18. The fourth-order valence-corrected chi connectivity index (χ4v) is 1.40. The van der Waals surface area contributed by atoms with E-state index in [2.05, 4.69) is 15.9 Å². The van der Waals surface area contributed by atoms with Gasteiger partial charge in [0.15, 0.2) is 0 Å². The number of nitrogens with zero attached hydrogens (tertiary/aromatic N) is 1. The number of rotatable bonds is 2. The first-order chi connectivity index (χ1) is 6.04. The molecule has 0 fully saturated rings. The quantitative estimate of drug-likeness (QED) is 0.667. The van der Waals surface area contributed by atoms with Crippen LogP contribution >= 0.6 is 28.3 Å². The van der Waals surface area contributed by atoms with Crippen LogP contribution in [0.1, 0.15) is 10.4 Å². The van der Waals surface area contributed by atoms with E-state index in [4.69, 9.17) is 5.11 Å². The molecule has 1 N–H and O–H groups in total. The van der Waals surface area contributed by atoms with Crippen LogP contribution in [0.4, 0.5) is 5.69 Å². The lowest BCUT2D eigenvalue weighted by Gasteiger charge is -1.98. The second-order valence-electron chi connectivity index (χ2n) is 2.20. The maximum atomic E-state index is 10.5. The molecule has 0 aliphatic rings. The zero-order valence-electron chi connectivity index (χ0n) is 6.64. The summed E-state index contributed by atoms with van der Waals surface area (Å²) in [5.41, 5.74) is -0.367. The molecule has 0 aliphatic carbocycles. The van der Waals surface area contributed by atoms with Gasteiger partial charge in [-0.15, -0.1) is 12.4 Å². The number of carboxylic acid groups (broad SMARTS) is 1. The van der Waals surface area contributed by atoms with Crippen LogP contribution in [-0.4, -0.2) is 16.0 Å². The van der Waals surface area contributed by atoms with Crippen molar-refractivity contribution in [3.05, 3.63) is 38.3 Å². The summed E-state index contributed by atoms with van der Waals surface area (Å²) in [4.78, 5) is 20.3. The van der Waals surface area contributed by atoms with E-state index in [0.717, 1.165) is 0 Å². The Morgan fingerprint density at radius 2 is 2.07 bits per heavy atom. The predicted octanol–water partition coefficient (Wildman–Crippen LogP) is 2.48. The molecule has 5 nitrogen and oxygen atoms in total. The molecule has 0 spiro atoms. The summed E-state index contributed by atoms with van der Waals surface area (Å²) in [5, 5.41) is 19.0. The number of carboxylic acids is 1. The average molecular weight is 282 g/mol. The van der Waals surface area contributed by atoms with Gasteiger partial charge in [0.25, 0.3) is 5.69 Å². The average Bonchev–Trinajstić information content (AvgIpc) is 2.03. The Bertz CT molecular complexity index is 350. The summed E-state index contributed by atoms with van der Waals surface area (Å²) in [7, 11) is 0. The van der Waals surface area contributed by atoms with Crippen LogP contribution in [0.3, 0.4) is 0 Å². The molecule has 0 bridgehead atoms. The van der Waals surface area contributed by atoms with Crippen molar-refractivity contribution in [2.75, 3.05) is 0 Å². The van der Waals surface area contributed by atoms with Crippen LogP contribution in [-0.2, 0) is 0 Å². The van der Waals surface area contributed by atoms with Crippen LogP contribution in [0, 0.1) is 10.1 Å². The molecule has 7 heteroatoms. The predicted molar refractivity (Wildman–Crippen MR) is 55.0 cm³/mol. The van der Waals surface area contributed by atoms with Crippen molar-refractivity contribution in [2.24, 2.45) is 0 Å². The SMILES string of the molecule is Cl.O=C(O)c1cccc([N+](=O)[O-])c1Br. The first-order valence-corrected chi connectivity index (χ1v) is 3.99. The molecule has 0 aliphatic heterocycles. The molecule has 0 aromatic heterocycles. The minimum atomic E-state index is -1.20. The minimum Gasteiger partial charge on any atom is -0.478 e. The fourth-order valence-electron chi connectivity index (χ4n) is 0.826. The van der Waals surface area contributed by atoms with Crippen molar-refractivity contribution >= 4 is 40.0 Å². The largest absolute Gasteiger partial charge is 0.478 e. The smallest absolute Gasteiger partial charge is 0.337 e. The number of hydrogen-bond donors (Lipinski definition) is 1. The van der Waals surface area contributed by atoms with Gasteiger partial charge in [-0.1, -0.05) is 6.07 Å². The highest BCUT2D eigenvalue weighted by atomic mass is 79.9. The van der Waals surface area contributed by atoms with E-state index in [1.807, 2.05) is 0 Å². The molecule has 1 aromatic carbocycles. The summed E-state index contributed by atoms with van der Waals surface area (Å²) >= 11 is 2.86. The van der Waals surface area contributed by atoms with Crippen molar-refractivity contribution in [1.82, 2.24) is 0 Å². The lowest BCUT2D eigenvalue weighted by Crippen LogP contribution is -2.00. The van der Waals surface area contributed by atoms with Gasteiger partial charge in [-0.3, -0.25) is 10.1 Å². The summed E-state index contributed by atoms with van der Waals surface area (Å²) in [5.74, 6) is -1.20. The van der Waals surface area contributed by atoms with Crippen LogP contribution in [0.25, 0.3) is 0 Å². The molecule has 0 unspecified atom stereocenters. The van der Waals surface area contributed by atoms with Gasteiger partial charge in [-0.05, 0) is 22.0 Å². The second-order valence-corrected chi connectivity index (χ2v) is 2.99. The maximum Gasteiger partial charge on any atom is 0.337 e. The van der Waals surface area contributed by atoms with Crippen LogP contribution in [0.5, 0.6) is 0 Å². The number of nitro groups is 1. The Morgan fingerprint density at radius 1 is 1.50 bits per heavy atom. The Balaban J connectivity index is 0.00000169. The van der Waals surface area contributed by atoms with Crippen LogP contribution < -0.4 is 0 Å². The highest BCUT2D eigenvalue weighted by molar-refractivity contribution is 9.10. The molecule has 14 heavy (non-hydrogen) atoms. The monoisotopic (exact) mass is 281 g/mol. The van der Waals surface area contributed by atoms with E-state index in [1.54, 1.807) is 0 Å². The first-order valence-electron chi connectivity index (χ1n) is 3.20. The molecule has 1 rings (SSSR count). The van der Waals surface area contributed by atoms with Crippen molar-refractivity contribution in [2.45, 2.75) is 0 Å². The summed E-state index contributed by atoms with van der Waals surface area (Å²) in [6, 6.07) is 3.85. The number of halogens is 2. The maximum absolute atomic E-state index is 10.5. The standard InChI is InChI=1S/C7H4BrNO4.ClH/c8-6-4(7(10)11)2-1-3-5(6)9(12)13;/h1-3H,(H,10,11);1H. The van der Waals surface area contributed by atoms with Gasteiger partial charge in [0.2, 0.25) is 0 Å². The molecule has 0 saturated carbocycles. The van der Waals surface area contributed by atoms with E-state index in [0.29, 0.717) is 0 Å². The molecule has 0 atom stereocenters. The number of aromatic carboxylic acids is 1. The van der Waals surface area contributed by atoms with Gasteiger partial charge < -0.3 is 5.11 Å². The molecule has 1 aromatic rings. The van der Waals surface area contributed by atoms with Gasteiger partial charge in [0.1, 0.15) is 4.47 Å². The van der Waals surface area contributed by atoms with E-state index in [9.17, 15) is 14.9 Å². The molecular formula is C7H5BrClNO4. The van der Waals surface area contributed by atoms with Crippen molar-refractivity contribution in [3.63, 3.8) is 0 Å². The molecule has 0 amide bonds. The van der Waals surface area contributed by atoms with Gasteiger partial charge >= 0.3 is 5.97 Å². The Labute approximate surface area is 93.4 Å². The number of hydrogen-bond acceptors (Lipinski definition) is 3. The third kappa shape index (κ3) is 2.43. The van der Waals surface area contributed by atoms with Crippen LogP contribution in [0.2, 0.25) is 0 Å². The summed E-state index contributed by atoms with van der Waals surface area (Å²) < 4.78 is -0.00694. The van der Waals surface area contributed by atoms with E-state index in [1.165, 1.54) is 18.2 Å². The fraction of sp³-hybridized carbons (Fsp3) is 0. The number of benzene rings is 1. The Morgan fingerprint density at radius 3 is 2.50 bits per heavy atom. The van der Waals surface area contributed by atoms with Crippen molar-refractivity contribution in [3.8, 4) is 0 Å². The third-order valence-electron chi connectivity index (χ3n) is 1.41. The summed E-state index contributed by atoms with van der Waals surface area (Å²) in [6.07, 6.45) is 0. The number of carbonyl (C=O) groups is 1. The van der Waals surface area contributed by atoms with Crippen molar-refractivity contribution in [1.29, 1.82) is 0 Å². The molecule has 0 radical (unpaired) electrons. The molecular weight excluding hydrogens is 277 g/mol. The molecule has 76 valence electrons.